The van der Waals surface area contributed by atoms with Gasteiger partial charge in [-0.1, -0.05) is 31.4 Å². The van der Waals surface area contributed by atoms with Crippen LogP contribution < -0.4 is 5.32 Å². The van der Waals surface area contributed by atoms with Gasteiger partial charge in [0, 0.05) is 6.16 Å². The molecular weight excluding hydrogens is 289 g/mol. The zero-order valence-electron chi connectivity index (χ0n) is 12.9. The molecule has 0 aromatic carbocycles. The fraction of sp³-hybridized carbons (Fsp3) is 0.800. The van der Waals surface area contributed by atoms with E-state index in [4.69, 9.17) is 9.63 Å². The molecule has 21 heavy (non-hydrogen) atoms. The first kappa shape index (κ1) is 18.2. The maximum atomic E-state index is 11.5. The highest BCUT2D eigenvalue weighted by Crippen LogP contribution is 2.24. The number of allylic oxidation sites excluding steroid dienone is 1. The van der Waals surface area contributed by atoms with Crippen LogP contribution in [0.4, 0.5) is 4.79 Å². The van der Waals surface area contributed by atoms with Gasteiger partial charge in [-0.2, -0.15) is 0 Å². The Morgan fingerprint density at radius 3 is 2.95 bits per heavy atom. The van der Waals surface area contributed by atoms with Crippen LogP contribution in [0.15, 0.2) is 11.6 Å². The second-order valence-electron chi connectivity index (χ2n) is 5.56. The summed E-state index contributed by atoms with van der Waals surface area (Å²) in [6.45, 7) is 2.55. The molecule has 0 heterocycles. The average molecular weight is 317 g/mol. The van der Waals surface area contributed by atoms with Crippen LogP contribution in [0, 0.1) is 0 Å². The molecule has 1 rings (SSSR count). The predicted octanol–water partition coefficient (Wildman–Crippen LogP) is 3.63. The molecule has 0 aromatic rings. The standard InChI is InChI=1S/C15H28NO4P/c1-2-3-10-20-15(17)16-14-9-8-13(12-14)7-5-4-6-11-21(18)19/h12,14,21H,2-11H2,1H3,(H,16,17)(H,18,19). The van der Waals surface area contributed by atoms with Gasteiger partial charge in [0.2, 0.25) is 0 Å². The molecule has 2 unspecified atom stereocenters. The summed E-state index contributed by atoms with van der Waals surface area (Å²) in [6.07, 6.45) is 10.0. The molecule has 0 aromatic heterocycles. The number of carbonyl (C=O) groups is 1. The van der Waals surface area contributed by atoms with E-state index in [1.54, 1.807) is 0 Å². The largest absolute Gasteiger partial charge is 0.450 e. The van der Waals surface area contributed by atoms with Crippen LogP contribution in [-0.2, 0) is 9.30 Å². The molecule has 6 heteroatoms. The van der Waals surface area contributed by atoms with Crippen LogP contribution in [0.5, 0.6) is 0 Å². The molecule has 0 fully saturated rings. The number of hydrogen-bond acceptors (Lipinski definition) is 3. The first-order valence-corrected chi connectivity index (χ1v) is 9.52. The minimum Gasteiger partial charge on any atom is -0.450 e. The number of alkyl carbamates (subject to hydrolysis) is 1. The maximum Gasteiger partial charge on any atom is 0.407 e. The van der Waals surface area contributed by atoms with Crippen molar-refractivity contribution < 1.29 is 19.0 Å². The van der Waals surface area contributed by atoms with Crippen molar-refractivity contribution in [2.24, 2.45) is 0 Å². The highest BCUT2D eigenvalue weighted by Gasteiger charge is 2.17. The molecule has 1 amide bonds. The lowest BCUT2D eigenvalue weighted by Crippen LogP contribution is -2.32. The minimum atomic E-state index is -2.29. The highest BCUT2D eigenvalue weighted by molar-refractivity contribution is 7.37. The maximum absolute atomic E-state index is 11.5. The van der Waals surface area contributed by atoms with Gasteiger partial charge in [0.15, 0.2) is 8.03 Å². The Labute approximate surface area is 128 Å². The average Bonchev–Trinajstić information content (AvgIpc) is 2.86. The van der Waals surface area contributed by atoms with Crippen LogP contribution >= 0.6 is 8.03 Å². The lowest BCUT2D eigenvalue weighted by Gasteiger charge is -2.10. The summed E-state index contributed by atoms with van der Waals surface area (Å²) in [7, 11) is -2.29. The summed E-state index contributed by atoms with van der Waals surface area (Å²) in [5, 5.41) is 2.88. The molecule has 1 aliphatic carbocycles. The van der Waals surface area contributed by atoms with Crippen molar-refractivity contribution >= 4 is 14.1 Å². The molecule has 5 nitrogen and oxygen atoms in total. The molecule has 0 aliphatic heterocycles. The van der Waals surface area contributed by atoms with Crippen molar-refractivity contribution in [2.45, 2.75) is 64.3 Å². The molecule has 122 valence electrons. The van der Waals surface area contributed by atoms with Gasteiger partial charge >= 0.3 is 6.09 Å². The number of carbonyl (C=O) groups excluding carboxylic acids is 1. The van der Waals surface area contributed by atoms with Gasteiger partial charge < -0.3 is 14.9 Å². The summed E-state index contributed by atoms with van der Waals surface area (Å²) in [5.74, 6) is 0. The van der Waals surface area contributed by atoms with Crippen molar-refractivity contribution in [3.8, 4) is 0 Å². The summed E-state index contributed by atoms with van der Waals surface area (Å²) in [6, 6.07) is 0.100. The van der Waals surface area contributed by atoms with Crippen molar-refractivity contribution in [1.29, 1.82) is 0 Å². The predicted molar refractivity (Wildman–Crippen MR) is 85.1 cm³/mol. The SMILES string of the molecule is CCCCOC(=O)NC1C=C(CCCCC[PH](=O)O)CC1. The Bertz CT molecular complexity index is 371. The van der Waals surface area contributed by atoms with Gasteiger partial charge in [-0.15, -0.1) is 0 Å². The lowest BCUT2D eigenvalue weighted by molar-refractivity contribution is 0.142. The fourth-order valence-electron chi connectivity index (χ4n) is 2.42. The lowest BCUT2D eigenvalue weighted by atomic mass is 10.1. The van der Waals surface area contributed by atoms with Gasteiger partial charge in [0.1, 0.15) is 0 Å². The first-order chi connectivity index (χ1) is 10.1. The van der Waals surface area contributed by atoms with Crippen molar-refractivity contribution in [2.75, 3.05) is 12.8 Å². The van der Waals surface area contributed by atoms with Crippen molar-refractivity contribution in [1.82, 2.24) is 5.32 Å². The Morgan fingerprint density at radius 2 is 2.24 bits per heavy atom. The van der Waals surface area contributed by atoms with E-state index in [2.05, 4.69) is 18.3 Å². The minimum absolute atomic E-state index is 0.100. The first-order valence-electron chi connectivity index (χ1n) is 7.96. The van der Waals surface area contributed by atoms with Gasteiger partial charge in [0.05, 0.1) is 12.6 Å². The summed E-state index contributed by atoms with van der Waals surface area (Å²) >= 11 is 0. The zero-order valence-corrected chi connectivity index (χ0v) is 13.9. The summed E-state index contributed by atoms with van der Waals surface area (Å²) < 4.78 is 15.7. The second kappa shape index (κ2) is 10.9. The Kier molecular flexibility index (Phi) is 9.44. The summed E-state index contributed by atoms with van der Waals surface area (Å²) in [4.78, 5) is 20.3. The zero-order chi connectivity index (χ0) is 15.5. The molecule has 0 saturated heterocycles. The van der Waals surface area contributed by atoms with Crippen LogP contribution in [0.1, 0.15) is 58.3 Å². The third kappa shape index (κ3) is 8.94. The molecule has 0 radical (unpaired) electrons. The van der Waals surface area contributed by atoms with Crippen molar-refractivity contribution in [3.05, 3.63) is 11.6 Å². The normalized spacial score (nSPS) is 19.1. The van der Waals surface area contributed by atoms with E-state index in [-0.39, 0.29) is 12.1 Å². The highest BCUT2D eigenvalue weighted by atomic mass is 31.1. The van der Waals surface area contributed by atoms with Gasteiger partial charge in [0.25, 0.3) is 0 Å². The second-order valence-corrected chi connectivity index (χ2v) is 6.85. The number of unbranched alkanes of at least 4 members (excludes halogenated alkanes) is 3. The molecule has 2 atom stereocenters. The van der Waals surface area contributed by atoms with E-state index >= 15 is 0 Å². The van der Waals surface area contributed by atoms with Gasteiger partial charge in [-0.05, 0) is 38.5 Å². The third-order valence-corrected chi connectivity index (χ3v) is 4.42. The number of amides is 1. The van der Waals surface area contributed by atoms with Gasteiger partial charge in [-0.25, -0.2) is 4.79 Å². The van der Waals surface area contributed by atoms with E-state index in [0.29, 0.717) is 12.8 Å². The van der Waals surface area contributed by atoms with Crippen LogP contribution in [-0.4, -0.2) is 29.8 Å². The number of nitrogens with one attached hydrogen (secondary N) is 1. The van der Waals surface area contributed by atoms with E-state index in [9.17, 15) is 9.36 Å². The molecule has 0 saturated carbocycles. The topological polar surface area (TPSA) is 75.6 Å². The molecular formula is C15H28NO4P. The molecule has 2 N–H and O–H groups in total. The van der Waals surface area contributed by atoms with E-state index in [1.165, 1.54) is 5.57 Å². The van der Waals surface area contributed by atoms with E-state index in [0.717, 1.165) is 51.4 Å². The smallest absolute Gasteiger partial charge is 0.407 e. The quantitative estimate of drug-likeness (QED) is 0.366. The van der Waals surface area contributed by atoms with Gasteiger partial charge in [-0.3, -0.25) is 4.57 Å². The van der Waals surface area contributed by atoms with Crippen LogP contribution in [0.2, 0.25) is 0 Å². The van der Waals surface area contributed by atoms with Crippen LogP contribution in [0.25, 0.3) is 0 Å². The number of hydrogen-bond donors (Lipinski definition) is 2. The monoisotopic (exact) mass is 317 g/mol. The van der Waals surface area contributed by atoms with E-state index < -0.39 is 8.03 Å². The number of rotatable bonds is 10. The fourth-order valence-corrected chi connectivity index (χ4v) is 2.97. The Morgan fingerprint density at radius 1 is 1.43 bits per heavy atom. The summed E-state index contributed by atoms with van der Waals surface area (Å²) in [5.41, 5.74) is 1.38. The molecule has 0 spiro atoms. The van der Waals surface area contributed by atoms with Crippen LogP contribution in [0.3, 0.4) is 0 Å². The third-order valence-electron chi connectivity index (χ3n) is 3.64. The molecule has 1 aliphatic rings. The Balaban J connectivity index is 2.12. The number of ether oxygens (including phenoxy) is 1. The van der Waals surface area contributed by atoms with E-state index in [1.807, 2.05) is 0 Å². The molecule has 0 bridgehead atoms. The Hall–Kier alpha value is -0.800. The van der Waals surface area contributed by atoms with Crippen molar-refractivity contribution in [3.63, 3.8) is 0 Å².